The van der Waals surface area contributed by atoms with Crippen molar-refractivity contribution >= 4 is 5.69 Å². The van der Waals surface area contributed by atoms with E-state index in [0.717, 1.165) is 17.8 Å². The van der Waals surface area contributed by atoms with Gasteiger partial charge in [0.05, 0.1) is 0 Å². The van der Waals surface area contributed by atoms with Crippen LogP contribution in [0.2, 0.25) is 0 Å². The van der Waals surface area contributed by atoms with Crippen molar-refractivity contribution in [2.75, 3.05) is 19.0 Å². The second kappa shape index (κ2) is 6.91. The summed E-state index contributed by atoms with van der Waals surface area (Å²) in [5.41, 5.74) is 2.02. The summed E-state index contributed by atoms with van der Waals surface area (Å²) in [6.45, 7) is 5.58. The van der Waals surface area contributed by atoms with Gasteiger partial charge in [0.15, 0.2) is 0 Å². The Morgan fingerprint density at radius 1 is 1.25 bits per heavy atom. The Kier molecular flexibility index (Phi) is 5.78. The molecular weight excluding hydrogens is 438 g/mol. The molecule has 2 aromatic rings. The van der Waals surface area contributed by atoms with Crippen LogP contribution in [0.1, 0.15) is 5.69 Å². The van der Waals surface area contributed by atoms with Crippen LogP contribution in [-0.4, -0.2) is 19.1 Å². The van der Waals surface area contributed by atoms with Crippen molar-refractivity contribution in [3.63, 3.8) is 0 Å². The molecule has 0 saturated carbocycles. The molecule has 1 aromatic carbocycles. The molecule has 2 rings (SSSR count). The second-order valence-corrected chi connectivity index (χ2v) is 4.34. The fraction of sp³-hybridized carbons (Fsp3) is 0.200. The minimum absolute atomic E-state index is 0. The van der Waals surface area contributed by atoms with E-state index in [0.29, 0.717) is 11.4 Å². The molecule has 20 heavy (non-hydrogen) atoms. The predicted octanol–water partition coefficient (Wildman–Crippen LogP) is 3.14. The van der Waals surface area contributed by atoms with E-state index in [9.17, 15) is 8.78 Å². The van der Waals surface area contributed by atoms with Crippen LogP contribution in [0.15, 0.2) is 24.3 Å². The quantitative estimate of drug-likeness (QED) is 0.667. The molecule has 1 heterocycles. The van der Waals surface area contributed by atoms with Crippen LogP contribution < -0.4 is 4.90 Å². The predicted molar refractivity (Wildman–Crippen MR) is 70.8 cm³/mol. The Labute approximate surface area is 131 Å². The van der Waals surface area contributed by atoms with E-state index in [2.05, 4.69) is 11.1 Å². The molecule has 5 heteroatoms. The molecule has 0 bridgehead atoms. The van der Waals surface area contributed by atoms with E-state index < -0.39 is 11.6 Å². The number of rotatable bonds is 3. The zero-order valence-corrected chi connectivity index (χ0v) is 13.5. The van der Waals surface area contributed by atoms with Crippen molar-refractivity contribution in [1.82, 2.24) is 4.98 Å². The summed E-state index contributed by atoms with van der Waals surface area (Å²) in [5, 5.41) is 0. The summed E-state index contributed by atoms with van der Waals surface area (Å²) in [4.78, 5) is 6.12. The SMILES string of the molecule is [CH]Cc1cc(N(C)C)cc(-c2[c-]cc(F)cc2F)n1.[Ir]. The third-order valence-electron chi connectivity index (χ3n) is 2.70. The van der Waals surface area contributed by atoms with E-state index in [1.165, 1.54) is 0 Å². The minimum atomic E-state index is -0.689. The number of hydrogen-bond donors (Lipinski definition) is 0. The van der Waals surface area contributed by atoms with Gasteiger partial charge in [-0.25, -0.2) is 0 Å². The van der Waals surface area contributed by atoms with Crippen LogP contribution >= 0.6 is 0 Å². The molecule has 0 aliphatic carbocycles. The molecule has 0 aliphatic rings. The first-order valence-corrected chi connectivity index (χ1v) is 5.76. The van der Waals surface area contributed by atoms with Crippen molar-refractivity contribution in [2.24, 2.45) is 0 Å². The Balaban J connectivity index is 0.00000200. The van der Waals surface area contributed by atoms with E-state index in [1.807, 2.05) is 25.1 Å². The maximum absolute atomic E-state index is 13.7. The van der Waals surface area contributed by atoms with Gasteiger partial charge in [-0.3, -0.25) is 8.78 Å². The van der Waals surface area contributed by atoms with Crippen molar-refractivity contribution in [2.45, 2.75) is 6.42 Å². The Hall–Kier alpha value is -1.32. The van der Waals surface area contributed by atoms with Gasteiger partial charge in [0.2, 0.25) is 0 Å². The van der Waals surface area contributed by atoms with Crippen molar-refractivity contribution in [1.29, 1.82) is 0 Å². The molecule has 0 spiro atoms. The van der Waals surface area contributed by atoms with Gasteiger partial charge in [-0.15, -0.1) is 12.1 Å². The topological polar surface area (TPSA) is 16.1 Å². The van der Waals surface area contributed by atoms with E-state index >= 15 is 0 Å². The van der Waals surface area contributed by atoms with Crippen molar-refractivity contribution in [3.05, 3.63) is 54.6 Å². The number of nitrogens with zero attached hydrogens (tertiary/aromatic N) is 2. The fourth-order valence-electron chi connectivity index (χ4n) is 1.70. The van der Waals surface area contributed by atoms with Crippen molar-refractivity contribution < 1.29 is 28.9 Å². The van der Waals surface area contributed by atoms with Crippen LogP contribution in [0.3, 0.4) is 0 Å². The summed E-state index contributed by atoms with van der Waals surface area (Å²) >= 11 is 0. The van der Waals surface area contributed by atoms with E-state index in [-0.39, 0.29) is 32.1 Å². The van der Waals surface area contributed by atoms with Crippen LogP contribution in [0.25, 0.3) is 11.3 Å². The number of halogens is 2. The standard InChI is InChI=1S/C15H13F2N2.Ir/c1-4-11-8-12(19(2)3)9-15(18-11)13-6-5-10(16)7-14(13)17;/h1,5,7-9H,4H2,2-3H3;/q-1;. The van der Waals surface area contributed by atoms with Gasteiger partial charge < -0.3 is 9.88 Å². The number of hydrogen-bond acceptors (Lipinski definition) is 2. The van der Waals surface area contributed by atoms with Crippen LogP contribution in [0, 0.1) is 24.6 Å². The third kappa shape index (κ3) is 3.61. The molecule has 0 N–H and O–H groups in total. The largest absolute Gasteiger partial charge is 0.378 e. The molecule has 3 radical (unpaired) electrons. The summed E-state index contributed by atoms with van der Waals surface area (Å²) in [5.74, 6) is -1.35. The molecular formula is C15H13F2IrN2-. The van der Waals surface area contributed by atoms with Crippen LogP contribution in [-0.2, 0) is 26.5 Å². The molecule has 0 fully saturated rings. The summed E-state index contributed by atoms with van der Waals surface area (Å²) in [7, 11) is 3.73. The summed E-state index contributed by atoms with van der Waals surface area (Å²) < 4.78 is 26.6. The fourth-order valence-corrected chi connectivity index (χ4v) is 1.70. The monoisotopic (exact) mass is 452 g/mol. The average Bonchev–Trinajstić information content (AvgIpc) is 2.38. The summed E-state index contributed by atoms with van der Waals surface area (Å²) in [6, 6.07) is 8.01. The normalized spacial score (nSPS) is 10.1. The summed E-state index contributed by atoms with van der Waals surface area (Å²) in [6.07, 6.45) is 0.248. The molecule has 0 amide bonds. The van der Waals surface area contributed by atoms with Crippen LogP contribution in [0.5, 0.6) is 0 Å². The maximum Gasteiger partial charge on any atom is 0.0408 e. The van der Waals surface area contributed by atoms with Gasteiger partial charge in [0, 0.05) is 57.2 Å². The average molecular weight is 451 g/mol. The van der Waals surface area contributed by atoms with Crippen LogP contribution in [0.4, 0.5) is 14.5 Å². The molecule has 0 saturated heterocycles. The molecule has 0 aliphatic heterocycles. The number of benzene rings is 1. The first-order valence-electron chi connectivity index (χ1n) is 5.76. The Morgan fingerprint density at radius 2 is 1.95 bits per heavy atom. The molecule has 0 atom stereocenters. The van der Waals surface area contributed by atoms with Crippen molar-refractivity contribution in [3.8, 4) is 11.3 Å². The first-order chi connectivity index (χ1) is 9.01. The minimum Gasteiger partial charge on any atom is -0.378 e. The van der Waals surface area contributed by atoms with Gasteiger partial charge in [-0.1, -0.05) is 17.7 Å². The van der Waals surface area contributed by atoms with Gasteiger partial charge in [0.25, 0.3) is 0 Å². The van der Waals surface area contributed by atoms with Gasteiger partial charge in [0.1, 0.15) is 0 Å². The molecule has 1 aromatic heterocycles. The Morgan fingerprint density at radius 3 is 2.50 bits per heavy atom. The van der Waals surface area contributed by atoms with E-state index in [4.69, 9.17) is 6.92 Å². The van der Waals surface area contributed by atoms with E-state index in [1.54, 1.807) is 6.07 Å². The number of pyridine rings is 1. The smallest absolute Gasteiger partial charge is 0.0408 e. The second-order valence-electron chi connectivity index (χ2n) is 4.34. The first kappa shape index (κ1) is 16.7. The number of aromatic nitrogens is 1. The molecule has 2 nitrogen and oxygen atoms in total. The Bertz CT molecular complexity index is 600. The van der Waals surface area contributed by atoms with Gasteiger partial charge in [-0.05, 0) is 25.1 Å². The zero-order chi connectivity index (χ0) is 14.0. The molecule has 0 unspecified atom stereocenters. The van der Waals surface area contributed by atoms with Gasteiger partial charge in [-0.2, -0.15) is 0 Å². The maximum atomic E-state index is 13.7. The third-order valence-corrected chi connectivity index (χ3v) is 2.70. The van der Waals surface area contributed by atoms with Gasteiger partial charge >= 0.3 is 0 Å². The number of anilines is 1. The zero-order valence-electron chi connectivity index (χ0n) is 11.1. The molecule has 107 valence electrons.